The molecule has 3 aliphatic rings. The molecule has 2 saturated heterocycles. The molecule has 2 amide bonds. The predicted octanol–water partition coefficient (Wildman–Crippen LogP) is 1.07. The highest BCUT2D eigenvalue weighted by atomic mass is 16.5. The highest BCUT2D eigenvalue weighted by Crippen LogP contribution is 2.40. The Labute approximate surface area is 120 Å². The third-order valence-corrected chi connectivity index (χ3v) is 5.21. The van der Waals surface area contributed by atoms with E-state index in [0.29, 0.717) is 32.0 Å². The van der Waals surface area contributed by atoms with Crippen molar-refractivity contribution in [3.63, 3.8) is 0 Å². The molecule has 1 N–H and O–H groups in total. The SMILES string of the molecule is CCC1(CC)C(=O)NC(C2CC2)C(=O)N1C1CCOC1. The molecule has 3 rings (SSSR count). The summed E-state index contributed by atoms with van der Waals surface area (Å²) in [6, 6.07) is -0.232. The summed E-state index contributed by atoms with van der Waals surface area (Å²) in [5.74, 6) is 0.500. The monoisotopic (exact) mass is 280 g/mol. The van der Waals surface area contributed by atoms with Crippen LogP contribution in [0.2, 0.25) is 0 Å². The summed E-state index contributed by atoms with van der Waals surface area (Å²) in [5.41, 5.74) is -0.680. The lowest BCUT2D eigenvalue weighted by Gasteiger charge is -2.50. The lowest BCUT2D eigenvalue weighted by Crippen LogP contribution is -2.73. The maximum atomic E-state index is 12.9. The average Bonchev–Trinajstić information content (AvgIpc) is 3.16. The molecule has 0 bridgehead atoms. The first-order valence-corrected chi connectivity index (χ1v) is 7.86. The Balaban J connectivity index is 1.95. The number of nitrogens with zero attached hydrogens (tertiary/aromatic N) is 1. The van der Waals surface area contributed by atoms with E-state index in [1.165, 1.54) is 0 Å². The van der Waals surface area contributed by atoms with Crippen LogP contribution < -0.4 is 5.32 Å². The Morgan fingerprint density at radius 2 is 1.95 bits per heavy atom. The fourth-order valence-electron chi connectivity index (χ4n) is 3.72. The zero-order valence-electron chi connectivity index (χ0n) is 12.4. The van der Waals surface area contributed by atoms with Gasteiger partial charge in [0.25, 0.3) is 0 Å². The van der Waals surface area contributed by atoms with Crippen LogP contribution in [0.5, 0.6) is 0 Å². The van der Waals surface area contributed by atoms with Gasteiger partial charge in [0.2, 0.25) is 11.8 Å². The summed E-state index contributed by atoms with van der Waals surface area (Å²) in [7, 11) is 0. The van der Waals surface area contributed by atoms with Gasteiger partial charge >= 0.3 is 0 Å². The number of amides is 2. The largest absolute Gasteiger partial charge is 0.379 e. The number of hydrogen-bond donors (Lipinski definition) is 1. The van der Waals surface area contributed by atoms with Gasteiger partial charge in [0, 0.05) is 6.61 Å². The Morgan fingerprint density at radius 3 is 2.45 bits per heavy atom. The first-order chi connectivity index (χ1) is 9.64. The standard InChI is InChI=1S/C15H24N2O3/c1-3-15(4-2)14(19)16-12(10-5-6-10)13(18)17(15)11-7-8-20-9-11/h10-12H,3-9H2,1-2H3,(H,16,19). The van der Waals surface area contributed by atoms with Crippen LogP contribution >= 0.6 is 0 Å². The molecular weight excluding hydrogens is 256 g/mol. The minimum atomic E-state index is -0.680. The van der Waals surface area contributed by atoms with E-state index in [9.17, 15) is 9.59 Å². The Morgan fingerprint density at radius 1 is 1.25 bits per heavy atom. The van der Waals surface area contributed by atoms with Crippen molar-refractivity contribution in [2.45, 2.75) is 63.6 Å². The number of piperazine rings is 1. The van der Waals surface area contributed by atoms with Crippen molar-refractivity contribution in [2.24, 2.45) is 5.92 Å². The van der Waals surface area contributed by atoms with Crippen LogP contribution in [0.15, 0.2) is 0 Å². The van der Waals surface area contributed by atoms with Gasteiger partial charge in [0.1, 0.15) is 11.6 Å². The summed E-state index contributed by atoms with van der Waals surface area (Å²) < 4.78 is 5.46. The summed E-state index contributed by atoms with van der Waals surface area (Å²) in [6.45, 7) is 5.25. The quantitative estimate of drug-likeness (QED) is 0.838. The zero-order valence-corrected chi connectivity index (χ0v) is 12.4. The highest BCUT2D eigenvalue weighted by Gasteiger charge is 2.55. The average molecular weight is 280 g/mol. The highest BCUT2D eigenvalue weighted by molar-refractivity contribution is 6.00. The van der Waals surface area contributed by atoms with Gasteiger partial charge in [-0.2, -0.15) is 0 Å². The number of carbonyl (C=O) groups is 2. The molecule has 0 aromatic carbocycles. The number of carbonyl (C=O) groups excluding carboxylic acids is 2. The molecule has 5 nitrogen and oxygen atoms in total. The molecule has 20 heavy (non-hydrogen) atoms. The molecule has 1 aliphatic carbocycles. The van der Waals surface area contributed by atoms with Gasteiger partial charge in [-0.05, 0) is 38.0 Å². The van der Waals surface area contributed by atoms with Gasteiger partial charge in [-0.1, -0.05) is 13.8 Å². The van der Waals surface area contributed by atoms with Gasteiger partial charge < -0.3 is 15.0 Å². The first kappa shape index (κ1) is 13.9. The molecule has 112 valence electrons. The molecule has 2 unspecified atom stereocenters. The maximum Gasteiger partial charge on any atom is 0.246 e. The van der Waals surface area contributed by atoms with Crippen molar-refractivity contribution in [1.82, 2.24) is 10.2 Å². The number of hydrogen-bond acceptors (Lipinski definition) is 3. The fourth-order valence-corrected chi connectivity index (χ4v) is 3.72. The second-order valence-corrected chi connectivity index (χ2v) is 6.25. The number of rotatable bonds is 4. The molecule has 0 radical (unpaired) electrons. The number of nitrogens with one attached hydrogen (secondary N) is 1. The van der Waals surface area contributed by atoms with E-state index in [0.717, 1.165) is 19.3 Å². The van der Waals surface area contributed by atoms with Crippen LogP contribution in [0.4, 0.5) is 0 Å². The maximum absolute atomic E-state index is 12.9. The van der Waals surface area contributed by atoms with E-state index in [2.05, 4.69) is 5.32 Å². The van der Waals surface area contributed by atoms with Crippen molar-refractivity contribution in [3.05, 3.63) is 0 Å². The van der Waals surface area contributed by atoms with Crippen LogP contribution in [0, 0.1) is 5.92 Å². The second kappa shape index (κ2) is 5.02. The van der Waals surface area contributed by atoms with Gasteiger partial charge in [-0.25, -0.2) is 0 Å². The van der Waals surface area contributed by atoms with Crippen LogP contribution in [0.25, 0.3) is 0 Å². The van der Waals surface area contributed by atoms with Crippen LogP contribution in [0.3, 0.4) is 0 Å². The second-order valence-electron chi connectivity index (χ2n) is 6.25. The zero-order chi connectivity index (χ0) is 14.3. The van der Waals surface area contributed by atoms with Gasteiger partial charge in [0.05, 0.1) is 12.6 Å². The van der Waals surface area contributed by atoms with E-state index in [-0.39, 0.29) is 23.9 Å². The molecule has 0 aromatic heterocycles. The summed E-state index contributed by atoms with van der Waals surface area (Å²) in [4.78, 5) is 27.5. The topological polar surface area (TPSA) is 58.6 Å². The molecule has 0 spiro atoms. The third-order valence-electron chi connectivity index (χ3n) is 5.21. The van der Waals surface area contributed by atoms with Gasteiger partial charge in [-0.15, -0.1) is 0 Å². The fraction of sp³-hybridized carbons (Fsp3) is 0.867. The van der Waals surface area contributed by atoms with Crippen molar-refractivity contribution >= 4 is 11.8 Å². The Hall–Kier alpha value is -1.10. The first-order valence-electron chi connectivity index (χ1n) is 7.86. The van der Waals surface area contributed by atoms with Crippen LogP contribution in [0.1, 0.15) is 46.0 Å². The molecule has 2 heterocycles. The number of ether oxygens (including phenoxy) is 1. The van der Waals surface area contributed by atoms with E-state index >= 15 is 0 Å². The summed E-state index contributed by atoms with van der Waals surface area (Å²) in [6.07, 6.45) is 4.27. The molecular formula is C15H24N2O3. The van der Waals surface area contributed by atoms with Crippen molar-refractivity contribution in [2.75, 3.05) is 13.2 Å². The smallest absolute Gasteiger partial charge is 0.246 e. The van der Waals surface area contributed by atoms with E-state index in [1.54, 1.807) is 0 Å². The molecule has 2 atom stereocenters. The van der Waals surface area contributed by atoms with Gasteiger partial charge in [0.15, 0.2) is 0 Å². The third kappa shape index (κ3) is 1.94. The van der Waals surface area contributed by atoms with Crippen molar-refractivity contribution in [1.29, 1.82) is 0 Å². The molecule has 3 fully saturated rings. The van der Waals surface area contributed by atoms with E-state index < -0.39 is 5.54 Å². The molecule has 5 heteroatoms. The summed E-state index contributed by atoms with van der Waals surface area (Å²) >= 11 is 0. The molecule has 2 aliphatic heterocycles. The van der Waals surface area contributed by atoms with Crippen LogP contribution in [-0.2, 0) is 14.3 Å². The minimum absolute atomic E-state index is 0.0332. The minimum Gasteiger partial charge on any atom is -0.379 e. The normalized spacial score (nSPS) is 33.4. The van der Waals surface area contributed by atoms with E-state index in [4.69, 9.17) is 4.74 Å². The Bertz CT molecular complexity index is 409. The van der Waals surface area contributed by atoms with Gasteiger partial charge in [-0.3, -0.25) is 9.59 Å². The predicted molar refractivity (Wildman–Crippen MR) is 74.0 cm³/mol. The van der Waals surface area contributed by atoms with Crippen molar-refractivity contribution < 1.29 is 14.3 Å². The Kier molecular flexibility index (Phi) is 3.48. The summed E-state index contributed by atoms with van der Waals surface area (Å²) in [5, 5.41) is 3.00. The van der Waals surface area contributed by atoms with Crippen LogP contribution in [-0.4, -0.2) is 47.6 Å². The molecule has 1 saturated carbocycles. The lowest BCUT2D eigenvalue weighted by molar-refractivity contribution is -0.162. The molecule has 0 aromatic rings. The van der Waals surface area contributed by atoms with Crippen molar-refractivity contribution in [3.8, 4) is 0 Å². The van der Waals surface area contributed by atoms with E-state index in [1.807, 2.05) is 18.7 Å². The lowest BCUT2D eigenvalue weighted by atomic mass is 9.83.